The third-order valence-corrected chi connectivity index (χ3v) is 4.03. The molecule has 0 bridgehead atoms. The van der Waals surface area contributed by atoms with Crippen LogP contribution in [-0.4, -0.2) is 11.2 Å². The van der Waals surface area contributed by atoms with Crippen molar-refractivity contribution in [2.24, 2.45) is 5.92 Å². The number of aromatic nitrogens is 2. The fourth-order valence-corrected chi connectivity index (χ4v) is 2.38. The molecule has 0 aliphatic rings. The van der Waals surface area contributed by atoms with Gasteiger partial charge in [-0.25, -0.2) is 9.13 Å². The van der Waals surface area contributed by atoms with Crippen LogP contribution < -0.4 is 4.57 Å². The smallest absolute Gasteiger partial charge is 0.245 e. The van der Waals surface area contributed by atoms with Crippen molar-refractivity contribution < 1.29 is 9.30 Å². The van der Waals surface area contributed by atoms with Crippen LogP contribution in [0.15, 0.2) is 43.0 Å². The van der Waals surface area contributed by atoms with Crippen LogP contribution in [0.25, 0.3) is 0 Å². The molecule has 0 radical (unpaired) electrons. The molecule has 0 saturated carbocycles. The van der Waals surface area contributed by atoms with E-state index in [1.165, 1.54) is 18.4 Å². The average Bonchev–Trinajstić information content (AvgIpc) is 2.93. The standard InChI is InChI=1S/C17H24ClN2O/c1-3-15(4-2)12-21-14-20-10-9-19(13-20)11-16-5-7-17(18)8-6-16/h5-10,13,15H,3-4,11-12,14H2,1-2H3/q+1. The SMILES string of the molecule is CCC(CC)COCn1cc[n+](Cc2ccc(Cl)cc2)c1. The van der Waals surface area contributed by atoms with Gasteiger partial charge in [-0.15, -0.1) is 0 Å². The van der Waals surface area contributed by atoms with Crippen LogP contribution in [0, 0.1) is 5.92 Å². The van der Waals surface area contributed by atoms with Crippen molar-refractivity contribution in [3.8, 4) is 0 Å². The molecule has 1 aromatic heterocycles. The number of rotatable bonds is 8. The largest absolute Gasteiger partial charge is 0.341 e. The van der Waals surface area contributed by atoms with Crippen LogP contribution >= 0.6 is 11.6 Å². The highest BCUT2D eigenvalue weighted by Gasteiger charge is 2.07. The van der Waals surface area contributed by atoms with Gasteiger partial charge in [-0.3, -0.25) is 0 Å². The first kappa shape index (κ1) is 16.1. The Morgan fingerprint density at radius 3 is 2.57 bits per heavy atom. The van der Waals surface area contributed by atoms with E-state index in [0.29, 0.717) is 12.6 Å². The number of benzene rings is 1. The molecule has 0 aliphatic carbocycles. The summed E-state index contributed by atoms with van der Waals surface area (Å²) in [5.74, 6) is 0.668. The maximum Gasteiger partial charge on any atom is 0.245 e. The predicted molar refractivity (Wildman–Crippen MR) is 85.2 cm³/mol. The molecule has 21 heavy (non-hydrogen) atoms. The lowest BCUT2D eigenvalue weighted by atomic mass is 10.1. The molecule has 114 valence electrons. The third-order valence-electron chi connectivity index (χ3n) is 3.77. The second-order valence-corrected chi connectivity index (χ2v) is 5.85. The second-order valence-electron chi connectivity index (χ2n) is 5.41. The lowest BCUT2D eigenvalue weighted by Gasteiger charge is -2.10. The fraction of sp³-hybridized carbons (Fsp3) is 0.471. The fourth-order valence-electron chi connectivity index (χ4n) is 2.26. The van der Waals surface area contributed by atoms with Gasteiger partial charge in [0.05, 0.1) is 6.61 Å². The molecule has 2 rings (SSSR count). The van der Waals surface area contributed by atoms with Gasteiger partial charge in [0.15, 0.2) is 6.73 Å². The van der Waals surface area contributed by atoms with E-state index >= 15 is 0 Å². The van der Waals surface area contributed by atoms with Gasteiger partial charge in [-0.2, -0.15) is 0 Å². The first-order valence-corrected chi connectivity index (χ1v) is 7.96. The molecule has 0 spiro atoms. The van der Waals surface area contributed by atoms with Gasteiger partial charge in [0.2, 0.25) is 6.33 Å². The Labute approximate surface area is 132 Å². The first-order valence-electron chi connectivity index (χ1n) is 7.58. The number of nitrogens with zero attached hydrogens (tertiary/aromatic N) is 2. The monoisotopic (exact) mass is 307 g/mol. The average molecular weight is 308 g/mol. The van der Waals surface area contributed by atoms with Crippen LogP contribution in [0.5, 0.6) is 0 Å². The van der Waals surface area contributed by atoms with Gasteiger partial charge in [0.25, 0.3) is 0 Å². The zero-order chi connectivity index (χ0) is 15.1. The summed E-state index contributed by atoms with van der Waals surface area (Å²) in [6, 6.07) is 7.95. The Bertz CT molecular complexity index is 532. The second kappa shape index (κ2) is 8.20. The molecule has 0 N–H and O–H groups in total. The van der Waals surface area contributed by atoms with Crippen LogP contribution in [0.1, 0.15) is 32.3 Å². The number of halogens is 1. The topological polar surface area (TPSA) is 18.0 Å². The molecule has 4 heteroatoms. The molecule has 1 heterocycles. The van der Waals surface area contributed by atoms with Crippen molar-refractivity contribution in [3.63, 3.8) is 0 Å². The summed E-state index contributed by atoms with van der Waals surface area (Å²) in [4.78, 5) is 0. The van der Waals surface area contributed by atoms with E-state index in [4.69, 9.17) is 16.3 Å². The van der Waals surface area contributed by atoms with Gasteiger partial charge in [0.1, 0.15) is 18.9 Å². The summed E-state index contributed by atoms with van der Waals surface area (Å²) < 4.78 is 9.99. The Morgan fingerprint density at radius 2 is 1.90 bits per heavy atom. The number of hydrogen-bond donors (Lipinski definition) is 0. The molecule has 3 nitrogen and oxygen atoms in total. The van der Waals surface area contributed by atoms with E-state index in [2.05, 4.69) is 47.6 Å². The maximum atomic E-state index is 5.90. The molecular weight excluding hydrogens is 284 g/mol. The van der Waals surface area contributed by atoms with Crippen LogP contribution in [0.2, 0.25) is 5.02 Å². The number of hydrogen-bond acceptors (Lipinski definition) is 1. The third kappa shape index (κ3) is 5.18. The van der Waals surface area contributed by atoms with Crippen molar-refractivity contribution in [3.05, 3.63) is 53.6 Å². The molecule has 0 aliphatic heterocycles. The molecule has 1 aromatic carbocycles. The lowest BCUT2D eigenvalue weighted by molar-refractivity contribution is -0.688. The highest BCUT2D eigenvalue weighted by molar-refractivity contribution is 6.30. The molecule has 0 saturated heterocycles. The number of imidazole rings is 1. The van der Waals surface area contributed by atoms with Crippen LogP contribution in [-0.2, 0) is 18.0 Å². The van der Waals surface area contributed by atoms with Crippen molar-refractivity contribution in [2.75, 3.05) is 6.61 Å². The van der Waals surface area contributed by atoms with Crippen molar-refractivity contribution in [1.82, 2.24) is 4.57 Å². The van der Waals surface area contributed by atoms with Crippen molar-refractivity contribution in [2.45, 2.75) is 40.0 Å². The van der Waals surface area contributed by atoms with Crippen molar-refractivity contribution in [1.29, 1.82) is 0 Å². The zero-order valence-electron chi connectivity index (χ0n) is 12.8. The molecule has 0 fully saturated rings. The van der Waals surface area contributed by atoms with Gasteiger partial charge in [-0.05, 0) is 23.6 Å². The Kier molecular flexibility index (Phi) is 6.27. The minimum absolute atomic E-state index is 0.615. The summed E-state index contributed by atoms with van der Waals surface area (Å²) in [7, 11) is 0. The highest BCUT2D eigenvalue weighted by Crippen LogP contribution is 2.09. The van der Waals surface area contributed by atoms with Gasteiger partial charge in [-0.1, -0.05) is 50.4 Å². The van der Waals surface area contributed by atoms with E-state index in [0.717, 1.165) is 18.2 Å². The summed E-state index contributed by atoms with van der Waals surface area (Å²) in [5.41, 5.74) is 1.24. The lowest BCUT2D eigenvalue weighted by Crippen LogP contribution is -2.31. The Balaban J connectivity index is 1.82. The van der Waals surface area contributed by atoms with Gasteiger partial charge in [0, 0.05) is 5.02 Å². The van der Waals surface area contributed by atoms with Gasteiger partial charge < -0.3 is 4.74 Å². The van der Waals surface area contributed by atoms with Gasteiger partial charge >= 0.3 is 0 Å². The minimum atomic E-state index is 0.615. The molecule has 0 unspecified atom stereocenters. The maximum absolute atomic E-state index is 5.90. The minimum Gasteiger partial charge on any atom is -0.341 e. The zero-order valence-corrected chi connectivity index (χ0v) is 13.6. The normalized spacial score (nSPS) is 11.2. The molecule has 0 atom stereocenters. The highest BCUT2D eigenvalue weighted by atomic mass is 35.5. The van der Waals surface area contributed by atoms with Crippen LogP contribution in [0.3, 0.4) is 0 Å². The Morgan fingerprint density at radius 1 is 1.19 bits per heavy atom. The summed E-state index contributed by atoms with van der Waals surface area (Å²) in [6.07, 6.45) is 8.54. The van der Waals surface area contributed by atoms with E-state index in [-0.39, 0.29) is 0 Å². The number of ether oxygens (including phenoxy) is 1. The summed E-state index contributed by atoms with van der Waals surface area (Å²) in [5, 5.41) is 0.774. The predicted octanol–water partition coefficient (Wildman–Crippen LogP) is 3.89. The molecule has 0 amide bonds. The Hall–Kier alpha value is -1.32. The van der Waals surface area contributed by atoms with Crippen LogP contribution in [0.4, 0.5) is 0 Å². The van der Waals surface area contributed by atoms with Crippen molar-refractivity contribution >= 4 is 11.6 Å². The molecule has 2 aromatic rings. The van der Waals surface area contributed by atoms with E-state index < -0.39 is 0 Å². The van der Waals surface area contributed by atoms with E-state index in [1.54, 1.807) is 0 Å². The van der Waals surface area contributed by atoms with E-state index in [9.17, 15) is 0 Å². The summed E-state index contributed by atoms with van der Waals surface area (Å²) >= 11 is 5.90. The molecular formula is C17H24ClN2O+. The first-order chi connectivity index (χ1) is 10.2. The summed E-state index contributed by atoms with van der Waals surface area (Å²) in [6.45, 7) is 6.73. The quantitative estimate of drug-likeness (QED) is 0.677. The van der Waals surface area contributed by atoms with E-state index in [1.807, 2.05) is 18.3 Å².